The van der Waals surface area contributed by atoms with E-state index in [1.165, 1.54) is 0 Å². The average Bonchev–Trinajstić information content (AvgIpc) is 2.42. The summed E-state index contributed by atoms with van der Waals surface area (Å²) in [5.41, 5.74) is 0. The van der Waals surface area contributed by atoms with E-state index in [1.807, 2.05) is 11.8 Å². The number of carboxylic acids is 1. The third kappa shape index (κ3) is 5.36. The minimum Gasteiger partial charge on any atom is -0.481 e. The molecule has 1 aliphatic rings. The van der Waals surface area contributed by atoms with E-state index < -0.39 is 5.97 Å². The molecule has 6 nitrogen and oxygen atoms in total. The lowest BCUT2D eigenvalue weighted by Gasteiger charge is -2.39. The Bertz CT molecular complexity index is 336. The summed E-state index contributed by atoms with van der Waals surface area (Å²) >= 11 is 0. The largest absolute Gasteiger partial charge is 0.481 e. The highest BCUT2D eigenvalue weighted by atomic mass is 16.4. The van der Waals surface area contributed by atoms with Crippen molar-refractivity contribution in [3.05, 3.63) is 0 Å². The van der Waals surface area contributed by atoms with Gasteiger partial charge in [-0.05, 0) is 25.8 Å². The molecule has 6 heteroatoms. The molecular formula is C14H27N3O3. The number of urea groups is 1. The van der Waals surface area contributed by atoms with Gasteiger partial charge in [0.2, 0.25) is 0 Å². The summed E-state index contributed by atoms with van der Waals surface area (Å²) in [6.45, 7) is 7.05. The van der Waals surface area contributed by atoms with Crippen molar-refractivity contribution in [3.8, 4) is 0 Å². The maximum Gasteiger partial charge on any atom is 0.317 e. The number of hydrogen-bond donors (Lipinski definition) is 2. The van der Waals surface area contributed by atoms with Gasteiger partial charge < -0.3 is 15.3 Å². The van der Waals surface area contributed by atoms with Crippen LogP contribution in [0.25, 0.3) is 0 Å². The average molecular weight is 285 g/mol. The van der Waals surface area contributed by atoms with Crippen molar-refractivity contribution in [2.45, 2.75) is 39.2 Å². The zero-order valence-corrected chi connectivity index (χ0v) is 12.8. The predicted molar refractivity (Wildman–Crippen MR) is 77.7 cm³/mol. The molecule has 1 heterocycles. The minimum atomic E-state index is -0.784. The number of likely N-dealkylation sites (N-methyl/N-ethyl adjacent to an activating group) is 1. The lowest BCUT2D eigenvalue weighted by Crippen LogP contribution is -2.55. The van der Waals surface area contributed by atoms with E-state index in [0.717, 1.165) is 26.1 Å². The first-order valence-electron chi connectivity index (χ1n) is 7.38. The molecule has 0 radical (unpaired) electrons. The Hall–Kier alpha value is -1.30. The SMILES string of the molecule is CCC1CN(C(=O)NCC(C)CCC(=O)O)CCN1C. The van der Waals surface area contributed by atoms with Gasteiger partial charge in [-0.25, -0.2) is 4.79 Å². The fourth-order valence-electron chi connectivity index (χ4n) is 2.42. The Labute approximate surface area is 121 Å². The number of hydrogen-bond acceptors (Lipinski definition) is 3. The lowest BCUT2D eigenvalue weighted by molar-refractivity contribution is -0.137. The zero-order valence-electron chi connectivity index (χ0n) is 12.8. The van der Waals surface area contributed by atoms with Gasteiger partial charge in [-0.1, -0.05) is 13.8 Å². The number of piperazine rings is 1. The molecule has 2 N–H and O–H groups in total. The Morgan fingerprint density at radius 3 is 2.70 bits per heavy atom. The van der Waals surface area contributed by atoms with Crippen LogP contribution in [0.1, 0.15) is 33.1 Å². The summed E-state index contributed by atoms with van der Waals surface area (Å²) in [6, 6.07) is 0.401. The molecule has 2 amide bonds. The molecule has 2 atom stereocenters. The van der Waals surface area contributed by atoms with Crippen molar-refractivity contribution < 1.29 is 14.7 Å². The van der Waals surface area contributed by atoms with Gasteiger partial charge in [0, 0.05) is 38.6 Å². The highest BCUT2D eigenvalue weighted by Crippen LogP contribution is 2.11. The molecule has 2 unspecified atom stereocenters. The van der Waals surface area contributed by atoms with Crippen molar-refractivity contribution >= 4 is 12.0 Å². The predicted octanol–water partition coefficient (Wildman–Crippen LogP) is 1.22. The molecule has 20 heavy (non-hydrogen) atoms. The normalized spacial score (nSPS) is 21.6. The molecule has 1 fully saturated rings. The smallest absolute Gasteiger partial charge is 0.317 e. The van der Waals surface area contributed by atoms with Crippen LogP contribution in [-0.2, 0) is 4.79 Å². The Kier molecular flexibility index (Phi) is 6.78. The molecule has 0 aliphatic carbocycles. The second kappa shape index (κ2) is 8.09. The highest BCUT2D eigenvalue weighted by Gasteiger charge is 2.25. The van der Waals surface area contributed by atoms with Crippen molar-refractivity contribution in [1.29, 1.82) is 0 Å². The first-order chi connectivity index (χ1) is 9.43. The number of carboxylic acid groups (broad SMARTS) is 1. The van der Waals surface area contributed by atoms with E-state index in [1.54, 1.807) is 0 Å². The lowest BCUT2D eigenvalue weighted by atomic mass is 10.1. The number of amides is 2. The van der Waals surface area contributed by atoms with Gasteiger partial charge in [-0.3, -0.25) is 9.69 Å². The van der Waals surface area contributed by atoms with Crippen LogP contribution in [0.4, 0.5) is 4.79 Å². The maximum atomic E-state index is 12.1. The number of carbonyl (C=O) groups excluding carboxylic acids is 1. The quantitative estimate of drug-likeness (QED) is 0.769. The molecule has 0 spiro atoms. The molecule has 1 rings (SSSR count). The first-order valence-corrected chi connectivity index (χ1v) is 7.38. The third-order valence-corrected chi connectivity index (χ3v) is 3.99. The van der Waals surface area contributed by atoms with Crippen molar-refractivity contribution in [2.75, 3.05) is 33.2 Å². The number of aliphatic carboxylic acids is 1. The van der Waals surface area contributed by atoms with Gasteiger partial charge >= 0.3 is 12.0 Å². The fraction of sp³-hybridized carbons (Fsp3) is 0.857. The van der Waals surface area contributed by atoms with E-state index in [-0.39, 0.29) is 18.4 Å². The van der Waals surface area contributed by atoms with Crippen LogP contribution in [-0.4, -0.2) is 66.2 Å². The van der Waals surface area contributed by atoms with Crippen LogP contribution >= 0.6 is 0 Å². The van der Waals surface area contributed by atoms with Crippen LogP contribution in [0, 0.1) is 5.92 Å². The molecule has 0 bridgehead atoms. The Morgan fingerprint density at radius 2 is 2.10 bits per heavy atom. The number of rotatable bonds is 6. The first kappa shape index (κ1) is 16.8. The summed E-state index contributed by atoms with van der Waals surface area (Å²) in [6.07, 6.45) is 1.79. The van der Waals surface area contributed by atoms with Crippen molar-refractivity contribution in [3.63, 3.8) is 0 Å². The third-order valence-electron chi connectivity index (χ3n) is 3.99. The van der Waals surface area contributed by atoms with Gasteiger partial charge in [-0.15, -0.1) is 0 Å². The summed E-state index contributed by atoms with van der Waals surface area (Å²) in [5.74, 6) is -0.600. The van der Waals surface area contributed by atoms with Crippen LogP contribution in [0.3, 0.4) is 0 Å². The van der Waals surface area contributed by atoms with Crippen LogP contribution in [0.5, 0.6) is 0 Å². The number of carbonyl (C=O) groups is 2. The fourth-order valence-corrected chi connectivity index (χ4v) is 2.42. The number of nitrogens with zero attached hydrogens (tertiary/aromatic N) is 2. The topological polar surface area (TPSA) is 72.9 Å². The number of nitrogens with one attached hydrogen (secondary N) is 1. The molecule has 1 aliphatic heterocycles. The van der Waals surface area contributed by atoms with Crippen LogP contribution in [0.2, 0.25) is 0 Å². The standard InChI is InChI=1S/C14H27N3O3/c1-4-12-10-17(8-7-16(12)3)14(20)15-9-11(2)5-6-13(18)19/h11-12H,4-10H2,1-3H3,(H,15,20)(H,18,19). The van der Waals surface area contributed by atoms with E-state index in [2.05, 4.69) is 24.2 Å². The second-order valence-corrected chi connectivity index (χ2v) is 5.71. The van der Waals surface area contributed by atoms with Crippen molar-refractivity contribution in [1.82, 2.24) is 15.1 Å². The summed E-state index contributed by atoms with van der Waals surface area (Å²) in [4.78, 5) is 26.7. The van der Waals surface area contributed by atoms with E-state index >= 15 is 0 Å². The molecule has 116 valence electrons. The Morgan fingerprint density at radius 1 is 1.40 bits per heavy atom. The van der Waals surface area contributed by atoms with Gasteiger partial charge in [0.1, 0.15) is 0 Å². The molecule has 0 aromatic heterocycles. The highest BCUT2D eigenvalue weighted by molar-refractivity contribution is 5.74. The van der Waals surface area contributed by atoms with Crippen molar-refractivity contribution in [2.24, 2.45) is 5.92 Å². The monoisotopic (exact) mass is 285 g/mol. The van der Waals surface area contributed by atoms with Gasteiger partial charge in [0.05, 0.1) is 0 Å². The summed E-state index contributed by atoms with van der Waals surface area (Å²) in [7, 11) is 2.09. The summed E-state index contributed by atoms with van der Waals surface area (Å²) in [5, 5.41) is 11.5. The minimum absolute atomic E-state index is 0.0290. The van der Waals surface area contributed by atoms with Gasteiger partial charge in [-0.2, -0.15) is 0 Å². The van der Waals surface area contributed by atoms with E-state index in [4.69, 9.17) is 5.11 Å². The van der Waals surface area contributed by atoms with Gasteiger partial charge in [0.15, 0.2) is 0 Å². The molecular weight excluding hydrogens is 258 g/mol. The van der Waals surface area contributed by atoms with Gasteiger partial charge in [0.25, 0.3) is 0 Å². The molecule has 0 aromatic rings. The Balaban J connectivity index is 2.30. The maximum absolute atomic E-state index is 12.1. The molecule has 1 saturated heterocycles. The summed E-state index contributed by atoms with van der Waals surface area (Å²) < 4.78 is 0. The second-order valence-electron chi connectivity index (χ2n) is 5.71. The van der Waals surface area contributed by atoms with E-state index in [9.17, 15) is 9.59 Å². The van der Waals surface area contributed by atoms with E-state index in [0.29, 0.717) is 19.0 Å². The van der Waals surface area contributed by atoms with Crippen LogP contribution < -0.4 is 5.32 Å². The molecule has 0 saturated carbocycles. The van der Waals surface area contributed by atoms with Crippen LogP contribution in [0.15, 0.2) is 0 Å². The zero-order chi connectivity index (χ0) is 15.1. The molecule has 0 aromatic carbocycles.